The Bertz CT molecular complexity index is 549. The standard InChI is InChI=1S/C14H17BrN2O2/c1-3-12-13(9-18)16-17(4-2)14(12)19-11-7-5-10(15)6-8-11/h5-8,18H,3-4,9H2,1-2H3. The van der Waals surface area contributed by atoms with E-state index >= 15 is 0 Å². The molecule has 0 radical (unpaired) electrons. The summed E-state index contributed by atoms with van der Waals surface area (Å²) in [6.45, 7) is 4.68. The number of hydrogen-bond acceptors (Lipinski definition) is 3. The SMILES string of the molecule is CCc1c(CO)nn(CC)c1Oc1ccc(Br)cc1. The van der Waals surface area contributed by atoms with Crippen LogP contribution >= 0.6 is 15.9 Å². The number of aliphatic hydroxyl groups excluding tert-OH is 1. The monoisotopic (exact) mass is 324 g/mol. The molecule has 2 aromatic rings. The zero-order valence-electron chi connectivity index (χ0n) is 11.1. The van der Waals surface area contributed by atoms with E-state index in [4.69, 9.17) is 4.74 Å². The van der Waals surface area contributed by atoms with Gasteiger partial charge in [0.25, 0.3) is 0 Å². The van der Waals surface area contributed by atoms with E-state index < -0.39 is 0 Å². The molecule has 0 aliphatic carbocycles. The van der Waals surface area contributed by atoms with Gasteiger partial charge in [-0.2, -0.15) is 5.10 Å². The van der Waals surface area contributed by atoms with Crippen molar-refractivity contribution in [2.24, 2.45) is 0 Å². The highest BCUT2D eigenvalue weighted by atomic mass is 79.9. The van der Waals surface area contributed by atoms with Crippen LogP contribution in [0.15, 0.2) is 28.7 Å². The maximum Gasteiger partial charge on any atom is 0.221 e. The summed E-state index contributed by atoms with van der Waals surface area (Å²) in [5.41, 5.74) is 1.66. The largest absolute Gasteiger partial charge is 0.439 e. The van der Waals surface area contributed by atoms with Gasteiger partial charge in [-0.25, -0.2) is 4.68 Å². The topological polar surface area (TPSA) is 47.3 Å². The van der Waals surface area contributed by atoms with Crippen molar-refractivity contribution in [3.63, 3.8) is 0 Å². The van der Waals surface area contributed by atoms with Gasteiger partial charge in [0.2, 0.25) is 5.88 Å². The molecule has 1 heterocycles. The Kier molecular flexibility index (Phi) is 4.61. The van der Waals surface area contributed by atoms with Crippen LogP contribution in [0.3, 0.4) is 0 Å². The summed E-state index contributed by atoms with van der Waals surface area (Å²) in [5.74, 6) is 1.48. The normalized spacial score (nSPS) is 10.7. The Morgan fingerprint density at radius 3 is 2.47 bits per heavy atom. The molecule has 0 saturated carbocycles. The molecule has 4 nitrogen and oxygen atoms in total. The second-order valence-electron chi connectivity index (χ2n) is 4.11. The number of aromatic nitrogens is 2. The van der Waals surface area contributed by atoms with Crippen LogP contribution in [0.25, 0.3) is 0 Å². The van der Waals surface area contributed by atoms with Crippen molar-refractivity contribution < 1.29 is 9.84 Å². The number of halogens is 1. The van der Waals surface area contributed by atoms with Crippen molar-refractivity contribution in [1.29, 1.82) is 0 Å². The summed E-state index contributed by atoms with van der Waals surface area (Å²) in [7, 11) is 0. The molecular formula is C14H17BrN2O2. The van der Waals surface area contributed by atoms with Crippen LogP contribution in [0.1, 0.15) is 25.1 Å². The summed E-state index contributed by atoms with van der Waals surface area (Å²) in [5, 5.41) is 13.7. The molecule has 102 valence electrons. The Morgan fingerprint density at radius 2 is 1.95 bits per heavy atom. The van der Waals surface area contributed by atoms with Crippen LogP contribution in [0.4, 0.5) is 0 Å². The number of rotatable bonds is 5. The summed E-state index contributed by atoms with van der Waals surface area (Å²) in [4.78, 5) is 0. The van der Waals surface area contributed by atoms with Gasteiger partial charge >= 0.3 is 0 Å². The molecule has 1 aromatic heterocycles. The fourth-order valence-corrected chi connectivity index (χ4v) is 2.22. The van der Waals surface area contributed by atoms with Crippen LogP contribution < -0.4 is 4.74 Å². The van der Waals surface area contributed by atoms with E-state index in [2.05, 4.69) is 21.0 Å². The number of nitrogens with zero attached hydrogens (tertiary/aromatic N) is 2. The molecule has 0 saturated heterocycles. The first kappa shape index (κ1) is 14.1. The number of aryl methyl sites for hydroxylation is 1. The van der Waals surface area contributed by atoms with Gasteiger partial charge in [0.15, 0.2) is 0 Å². The molecule has 19 heavy (non-hydrogen) atoms. The summed E-state index contributed by atoms with van der Waals surface area (Å²) >= 11 is 3.40. The van der Waals surface area contributed by atoms with E-state index in [0.29, 0.717) is 12.2 Å². The van der Waals surface area contributed by atoms with Crippen molar-refractivity contribution in [2.75, 3.05) is 0 Å². The molecule has 5 heteroatoms. The van der Waals surface area contributed by atoms with E-state index in [1.165, 1.54) is 0 Å². The smallest absolute Gasteiger partial charge is 0.221 e. The predicted molar refractivity (Wildman–Crippen MR) is 77.4 cm³/mol. The molecule has 0 unspecified atom stereocenters. The second-order valence-corrected chi connectivity index (χ2v) is 5.03. The van der Waals surface area contributed by atoms with Crippen molar-refractivity contribution in [2.45, 2.75) is 33.4 Å². The lowest BCUT2D eigenvalue weighted by Crippen LogP contribution is -2.00. The highest BCUT2D eigenvalue weighted by Gasteiger charge is 2.17. The highest BCUT2D eigenvalue weighted by Crippen LogP contribution is 2.29. The van der Waals surface area contributed by atoms with E-state index in [1.807, 2.05) is 38.1 Å². The lowest BCUT2D eigenvalue weighted by molar-refractivity contribution is 0.274. The Labute approximate surface area is 121 Å². The molecule has 2 rings (SSSR count). The van der Waals surface area contributed by atoms with Crippen molar-refractivity contribution >= 4 is 15.9 Å². The van der Waals surface area contributed by atoms with Crippen molar-refractivity contribution in [1.82, 2.24) is 9.78 Å². The van der Waals surface area contributed by atoms with Gasteiger partial charge in [0, 0.05) is 16.6 Å². The van der Waals surface area contributed by atoms with Gasteiger partial charge in [-0.15, -0.1) is 0 Å². The summed E-state index contributed by atoms with van der Waals surface area (Å²) in [6.07, 6.45) is 0.780. The van der Waals surface area contributed by atoms with E-state index in [0.717, 1.165) is 28.1 Å². The van der Waals surface area contributed by atoms with Gasteiger partial charge < -0.3 is 9.84 Å². The van der Waals surface area contributed by atoms with Crippen LogP contribution in [-0.2, 0) is 19.6 Å². The third-order valence-electron chi connectivity index (χ3n) is 2.91. The quantitative estimate of drug-likeness (QED) is 0.915. The molecule has 0 bridgehead atoms. The number of ether oxygens (including phenoxy) is 1. The Balaban J connectivity index is 2.37. The number of benzene rings is 1. The van der Waals surface area contributed by atoms with Crippen molar-refractivity contribution in [3.05, 3.63) is 40.0 Å². The van der Waals surface area contributed by atoms with Crippen LogP contribution in [0.5, 0.6) is 11.6 Å². The van der Waals surface area contributed by atoms with Crippen LogP contribution in [-0.4, -0.2) is 14.9 Å². The first-order valence-electron chi connectivity index (χ1n) is 6.32. The minimum atomic E-state index is -0.0626. The number of aliphatic hydroxyl groups is 1. The van der Waals surface area contributed by atoms with Gasteiger partial charge in [-0.3, -0.25) is 0 Å². The maximum atomic E-state index is 9.35. The lowest BCUT2D eigenvalue weighted by Gasteiger charge is -2.09. The third-order valence-corrected chi connectivity index (χ3v) is 3.44. The van der Waals surface area contributed by atoms with E-state index in [9.17, 15) is 5.11 Å². The van der Waals surface area contributed by atoms with Gasteiger partial charge in [0.05, 0.1) is 12.3 Å². The van der Waals surface area contributed by atoms with E-state index in [-0.39, 0.29) is 6.61 Å². The minimum Gasteiger partial charge on any atom is -0.439 e. The van der Waals surface area contributed by atoms with Crippen LogP contribution in [0, 0.1) is 0 Å². The Morgan fingerprint density at radius 1 is 1.26 bits per heavy atom. The summed E-state index contributed by atoms with van der Waals surface area (Å²) in [6, 6.07) is 7.66. The predicted octanol–water partition coefficient (Wildman–Crippen LogP) is 3.51. The van der Waals surface area contributed by atoms with Crippen LogP contribution in [0.2, 0.25) is 0 Å². The highest BCUT2D eigenvalue weighted by molar-refractivity contribution is 9.10. The fourth-order valence-electron chi connectivity index (χ4n) is 1.96. The molecule has 0 aliphatic rings. The third kappa shape index (κ3) is 2.98. The van der Waals surface area contributed by atoms with E-state index in [1.54, 1.807) is 4.68 Å². The molecule has 0 spiro atoms. The lowest BCUT2D eigenvalue weighted by atomic mass is 10.2. The summed E-state index contributed by atoms with van der Waals surface area (Å²) < 4.78 is 8.72. The molecule has 1 N–H and O–H groups in total. The molecule has 0 fully saturated rings. The van der Waals surface area contributed by atoms with Crippen molar-refractivity contribution in [3.8, 4) is 11.6 Å². The maximum absolute atomic E-state index is 9.35. The zero-order valence-corrected chi connectivity index (χ0v) is 12.6. The molecule has 0 aliphatic heterocycles. The Hall–Kier alpha value is -1.33. The first-order chi connectivity index (χ1) is 9.19. The average Bonchev–Trinajstić information content (AvgIpc) is 2.78. The van der Waals surface area contributed by atoms with Gasteiger partial charge in [-0.1, -0.05) is 22.9 Å². The van der Waals surface area contributed by atoms with Gasteiger partial charge in [0.1, 0.15) is 5.75 Å². The molecule has 0 amide bonds. The molecular weight excluding hydrogens is 308 g/mol. The number of hydrogen-bond donors (Lipinski definition) is 1. The molecule has 1 aromatic carbocycles. The first-order valence-corrected chi connectivity index (χ1v) is 7.11. The average molecular weight is 325 g/mol. The zero-order chi connectivity index (χ0) is 13.8. The molecule has 0 atom stereocenters. The fraction of sp³-hybridized carbons (Fsp3) is 0.357. The minimum absolute atomic E-state index is 0.0626. The van der Waals surface area contributed by atoms with Gasteiger partial charge in [-0.05, 0) is 37.6 Å². The second kappa shape index (κ2) is 6.21.